The molecule has 1 unspecified atom stereocenters. The molecule has 33 heavy (non-hydrogen) atoms. The molecular weight excluding hydrogens is 460 g/mol. The van der Waals surface area contributed by atoms with Gasteiger partial charge in [0.1, 0.15) is 18.9 Å². The van der Waals surface area contributed by atoms with Crippen molar-refractivity contribution in [1.82, 2.24) is 5.32 Å². The van der Waals surface area contributed by atoms with E-state index >= 15 is 0 Å². The molecule has 0 fully saturated rings. The van der Waals surface area contributed by atoms with Crippen LogP contribution in [0.5, 0.6) is 5.75 Å². The number of aryl methyl sites for hydroxylation is 1. The Hall–Kier alpha value is -3.03. The van der Waals surface area contributed by atoms with E-state index in [1.54, 1.807) is 50.2 Å². The molecule has 1 N–H and O–H groups in total. The average molecular weight is 487 g/mol. The third kappa shape index (κ3) is 6.06. The lowest BCUT2D eigenvalue weighted by Crippen LogP contribution is -2.45. The van der Waals surface area contributed by atoms with E-state index < -0.39 is 22.5 Å². The second kappa shape index (κ2) is 10.7. The van der Waals surface area contributed by atoms with Gasteiger partial charge in [-0.3, -0.25) is 9.10 Å². The maximum atomic E-state index is 13.4. The van der Waals surface area contributed by atoms with E-state index in [2.05, 4.69) is 5.32 Å². The normalized spacial score (nSPS) is 12.1. The van der Waals surface area contributed by atoms with E-state index in [1.807, 2.05) is 31.2 Å². The summed E-state index contributed by atoms with van der Waals surface area (Å²) >= 11 is 6.25. The average Bonchev–Trinajstić information content (AvgIpc) is 2.79. The van der Waals surface area contributed by atoms with Crippen LogP contribution in [0.2, 0.25) is 5.02 Å². The molecule has 1 amide bonds. The number of hydrogen-bond donors (Lipinski definition) is 1. The Balaban J connectivity index is 1.79. The molecule has 3 aromatic rings. The summed E-state index contributed by atoms with van der Waals surface area (Å²) in [7, 11) is -4.00. The lowest BCUT2D eigenvalue weighted by atomic mass is 10.2. The van der Waals surface area contributed by atoms with Crippen molar-refractivity contribution in [2.45, 2.75) is 31.7 Å². The zero-order chi connectivity index (χ0) is 24.0. The topological polar surface area (TPSA) is 75.7 Å². The highest BCUT2D eigenvalue weighted by Gasteiger charge is 2.29. The van der Waals surface area contributed by atoms with Gasteiger partial charge >= 0.3 is 0 Å². The largest absolute Gasteiger partial charge is 0.491 e. The molecule has 0 heterocycles. The number of sulfonamides is 1. The number of nitrogens with zero attached hydrogens (tertiary/aromatic N) is 1. The first kappa shape index (κ1) is 24.6. The van der Waals surface area contributed by atoms with Crippen LogP contribution in [-0.2, 0) is 14.8 Å². The molecule has 8 heteroatoms. The van der Waals surface area contributed by atoms with E-state index in [4.69, 9.17) is 16.3 Å². The summed E-state index contributed by atoms with van der Waals surface area (Å²) in [6, 6.07) is 20.3. The highest BCUT2D eigenvalue weighted by Crippen LogP contribution is 2.30. The number of ether oxygens (including phenoxy) is 1. The summed E-state index contributed by atoms with van der Waals surface area (Å²) in [5.74, 6) is 0.288. The van der Waals surface area contributed by atoms with Gasteiger partial charge in [0, 0.05) is 5.02 Å². The standard InChI is InChI=1S/C25H27ClN2O4S/c1-18-10-7-8-15-24(18)32-17-19(2)27-25(29)16-28(23-14-9-13-22(26)20(23)3)33(30,31)21-11-5-4-6-12-21/h4-15,19H,16-17H2,1-3H3,(H,27,29). The first-order chi connectivity index (χ1) is 15.7. The van der Waals surface area contributed by atoms with Crippen molar-refractivity contribution < 1.29 is 17.9 Å². The van der Waals surface area contributed by atoms with Crippen LogP contribution < -0.4 is 14.4 Å². The van der Waals surface area contributed by atoms with Crippen molar-refractivity contribution in [3.63, 3.8) is 0 Å². The molecule has 0 aliphatic heterocycles. The Kier molecular flexibility index (Phi) is 8.00. The minimum Gasteiger partial charge on any atom is -0.491 e. The van der Waals surface area contributed by atoms with Crippen LogP contribution in [0.1, 0.15) is 18.1 Å². The van der Waals surface area contributed by atoms with Crippen LogP contribution in [0, 0.1) is 13.8 Å². The summed E-state index contributed by atoms with van der Waals surface area (Å²) < 4.78 is 33.8. The summed E-state index contributed by atoms with van der Waals surface area (Å²) in [5, 5.41) is 3.24. The van der Waals surface area contributed by atoms with Crippen LogP contribution in [-0.4, -0.2) is 33.5 Å². The number of para-hydroxylation sites is 1. The predicted octanol–water partition coefficient (Wildman–Crippen LogP) is 4.74. The first-order valence-corrected chi connectivity index (χ1v) is 12.3. The lowest BCUT2D eigenvalue weighted by Gasteiger charge is -2.26. The molecule has 0 saturated carbocycles. The number of nitrogens with one attached hydrogen (secondary N) is 1. The van der Waals surface area contributed by atoms with E-state index in [1.165, 1.54) is 12.1 Å². The van der Waals surface area contributed by atoms with Gasteiger partial charge in [0.05, 0.1) is 16.6 Å². The van der Waals surface area contributed by atoms with E-state index in [0.29, 0.717) is 16.3 Å². The van der Waals surface area contributed by atoms with Gasteiger partial charge in [-0.15, -0.1) is 0 Å². The molecule has 174 valence electrons. The number of hydrogen-bond acceptors (Lipinski definition) is 4. The Morgan fingerprint density at radius 1 is 1.00 bits per heavy atom. The number of halogens is 1. The highest BCUT2D eigenvalue weighted by molar-refractivity contribution is 7.92. The molecule has 6 nitrogen and oxygen atoms in total. The molecule has 3 aromatic carbocycles. The maximum Gasteiger partial charge on any atom is 0.264 e. The van der Waals surface area contributed by atoms with E-state index in [-0.39, 0.29) is 17.5 Å². The number of carbonyl (C=O) groups is 1. The Morgan fingerprint density at radius 3 is 2.36 bits per heavy atom. The molecule has 1 atom stereocenters. The highest BCUT2D eigenvalue weighted by atomic mass is 35.5. The van der Waals surface area contributed by atoms with Crippen molar-refractivity contribution in [3.8, 4) is 5.75 Å². The van der Waals surface area contributed by atoms with Gasteiger partial charge < -0.3 is 10.1 Å². The minimum atomic E-state index is -4.00. The first-order valence-electron chi connectivity index (χ1n) is 10.5. The summed E-state index contributed by atoms with van der Waals surface area (Å²) in [5.41, 5.74) is 1.92. The quantitative estimate of drug-likeness (QED) is 0.474. The van der Waals surface area contributed by atoms with E-state index in [9.17, 15) is 13.2 Å². The van der Waals surface area contributed by atoms with Gasteiger partial charge in [-0.1, -0.05) is 54.1 Å². The van der Waals surface area contributed by atoms with Gasteiger partial charge in [-0.25, -0.2) is 8.42 Å². The second-order valence-corrected chi connectivity index (χ2v) is 10.0. The number of carbonyl (C=O) groups excluding carboxylic acids is 1. The van der Waals surface area contributed by atoms with Crippen LogP contribution >= 0.6 is 11.6 Å². The monoisotopic (exact) mass is 486 g/mol. The lowest BCUT2D eigenvalue weighted by molar-refractivity contribution is -0.120. The number of amides is 1. The van der Waals surface area contributed by atoms with Crippen LogP contribution in [0.25, 0.3) is 0 Å². The molecule has 0 saturated heterocycles. The third-order valence-corrected chi connectivity index (χ3v) is 7.30. The Bertz CT molecular complexity index is 1220. The van der Waals surface area contributed by atoms with Crippen LogP contribution in [0.15, 0.2) is 77.7 Å². The smallest absolute Gasteiger partial charge is 0.264 e. The molecule has 0 aliphatic rings. The van der Waals surface area contributed by atoms with Gasteiger partial charge in [0.25, 0.3) is 10.0 Å². The van der Waals surface area contributed by atoms with Gasteiger partial charge in [-0.2, -0.15) is 0 Å². The predicted molar refractivity (Wildman–Crippen MR) is 131 cm³/mol. The van der Waals surface area contributed by atoms with Crippen molar-refractivity contribution in [3.05, 3.63) is 88.9 Å². The molecule has 0 bridgehead atoms. The molecule has 0 aliphatic carbocycles. The van der Waals surface area contributed by atoms with Crippen molar-refractivity contribution in [1.29, 1.82) is 0 Å². The fourth-order valence-electron chi connectivity index (χ4n) is 3.31. The van der Waals surface area contributed by atoms with Gasteiger partial charge in [0.15, 0.2) is 0 Å². The maximum absolute atomic E-state index is 13.4. The summed E-state index contributed by atoms with van der Waals surface area (Å²) in [6.45, 7) is 5.32. The molecular formula is C25H27ClN2O4S. The summed E-state index contributed by atoms with van der Waals surface area (Å²) in [4.78, 5) is 13.0. The second-order valence-electron chi connectivity index (χ2n) is 7.75. The summed E-state index contributed by atoms with van der Waals surface area (Å²) in [6.07, 6.45) is 0. The van der Waals surface area contributed by atoms with Crippen molar-refractivity contribution in [2.75, 3.05) is 17.5 Å². The molecule has 3 rings (SSSR count). The van der Waals surface area contributed by atoms with Crippen LogP contribution in [0.4, 0.5) is 5.69 Å². The fourth-order valence-corrected chi connectivity index (χ4v) is 4.98. The fraction of sp³-hybridized carbons (Fsp3) is 0.240. The number of anilines is 1. The van der Waals surface area contributed by atoms with Crippen LogP contribution in [0.3, 0.4) is 0 Å². The zero-order valence-electron chi connectivity index (χ0n) is 18.8. The zero-order valence-corrected chi connectivity index (χ0v) is 20.4. The van der Waals surface area contributed by atoms with Crippen molar-refractivity contribution in [2.24, 2.45) is 0 Å². The SMILES string of the molecule is Cc1ccccc1OCC(C)NC(=O)CN(c1cccc(Cl)c1C)S(=O)(=O)c1ccccc1. The third-order valence-electron chi connectivity index (χ3n) is 5.12. The van der Waals surface area contributed by atoms with Crippen molar-refractivity contribution >= 4 is 33.2 Å². The minimum absolute atomic E-state index is 0.0908. The van der Waals surface area contributed by atoms with E-state index in [0.717, 1.165) is 15.6 Å². The van der Waals surface area contributed by atoms with Gasteiger partial charge in [0.2, 0.25) is 5.91 Å². The molecule has 0 spiro atoms. The van der Waals surface area contributed by atoms with Gasteiger partial charge in [-0.05, 0) is 62.2 Å². The number of rotatable bonds is 9. The Morgan fingerprint density at radius 2 is 1.67 bits per heavy atom. The number of benzene rings is 3. The molecule has 0 aromatic heterocycles. The Labute approximate surface area is 200 Å². The molecule has 0 radical (unpaired) electrons.